The van der Waals surface area contributed by atoms with Gasteiger partial charge in [-0.15, -0.1) is 0 Å². The van der Waals surface area contributed by atoms with E-state index in [2.05, 4.69) is 4.98 Å². The average Bonchev–Trinajstić information content (AvgIpc) is 2.95. The molecule has 0 bridgehead atoms. The van der Waals surface area contributed by atoms with Crippen molar-refractivity contribution in [2.75, 3.05) is 24.5 Å². The van der Waals surface area contributed by atoms with Crippen molar-refractivity contribution < 1.29 is 27.5 Å². The molecule has 0 aliphatic carbocycles. The quantitative estimate of drug-likeness (QED) is 0.393. The van der Waals surface area contributed by atoms with E-state index in [0.717, 1.165) is 17.8 Å². The van der Waals surface area contributed by atoms with Gasteiger partial charge in [-0.3, -0.25) is 9.59 Å². The van der Waals surface area contributed by atoms with E-state index in [4.69, 9.17) is 4.74 Å². The highest BCUT2D eigenvalue weighted by atomic mass is 19.2. The first kappa shape index (κ1) is 25.3. The third kappa shape index (κ3) is 5.61. The third-order valence-corrected chi connectivity index (χ3v) is 6.59. The van der Waals surface area contributed by atoms with Gasteiger partial charge < -0.3 is 14.5 Å². The van der Waals surface area contributed by atoms with E-state index in [1.807, 2.05) is 17.0 Å². The fraction of sp³-hybridized carbons (Fsp3) is 0.207. The van der Waals surface area contributed by atoms with Gasteiger partial charge in [0.05, 0.1) is 17.5 Å². The highest BCUT2D eigenvalue weighted by molar-refractivity contribution is 5.99. The summed E-state index contributed by atoms with van der Waals surface area (Å²) in [5, 5.41) is 0. The fourth-order valence-corrected chi connectivity index (χ4v) is 4.50. The van der Waals surface area contributed by atoms with Crippen LogP contribution in [-0.4, -0.2) is 41.2 Å². The predicted octanol–water partition coefficient (Wildman–Crippen LogP) is 5.67. The number of ether oxygens (including phenoxy) is 1. The molecule has 0 unspecified atom stereocenters. The van der Waals surface area contributed by atoms with Crippen LogP contribution in [0.15, 0.2) is 84.7 Å². The van der Waals surface area contributed by atoms with Crippen LogP contribution in [0.4, 0.5) is 18.9 Å². The molecule has 6 nitrogen and oxygen atoms in total. The van der Waals surface area contributed by atoms with Crippen molar-refractivity contribution in [3.63, 3.8) is 0 Å². The number of ketones is 1. The van der Waals surface area contributed by atoms with Crippen LogP contribution >= 0.6 is 0 Å². The molecule has 1 aromatic heterocycles. The summed E-state index contributed by atoms with van der Waals surface area (Å²) in [6.07, 6.45) is 7.95. The second-order valence-corrected chi connectivity index (χ2v) is 9.11. The lowest BCUT2D eigenvalue weighted by Gasteiger charge is -2.32. The van der Waals surface area contributed by atoms with Crippen molar-refractivity contribution in [2.24, 2.45) is 5.92 Å². The van der Waals surface area contributed by atoms with Gasteiger partial charge in [-0.05, 0) is 61.4 Å². The van der Waals surface area contributed by atoms with Crippen LogP contribution < -0.4 is 9.64 Å². The van der Waals surface area contributed by atoms with Gasteiger partial charge in [0.15, 0.2) is 17.4 Å². The van der Waals surface area contributed by atoms with Crippen molar-refractivity contribution in [2.45, 2.75) is 12.8 Å². The number of hydrogen-bond donors (Lipinski definition) is 0. The summed E-state index contributed by atoms with van der Waals surface area (Å²) < 4.78 is 45.5. The molecular formula is C29H24F3N3O3. The number of halogens is 3. The molecule has 3 heterocycles. The zero-order chi connectivity index (χ0) is 26.6. The Morgan fingerprint density at radius 3 is 2.37 bits per heavy atom. The Bertz CT molecular complexity index is 1400. The number of nitrogens with zero attached hydrogens (tertiary/aromatic N) is 3. The minimum atomic E-state index is -1.05. The highest BCUT2D eigenvalue weighted by Crippen LogP contribution is 2.27. The maximum absolute atomic E-state index is 13.5. The number of carbonyl (C=O) groups excluding carboxylic acids is 2. The Kier molecular flexibility index (Phi) is 7.26. The molecule has 0 N–H and O–H groups in total. The minimum absolute atomic E-state index is 0.143. The summed E-state index contributed by atoms with van der Waals surface area (Å²) in [6, 6.07) is 12.3. The standard InChI is InChI=1S/C29H24F3N3O3/c30-22-4-7-24(8-5-22)38-27-10-6-23(17-33-27)35-13-1-2-21(18-35)29(37)34-14-11-19(12-15-34)28(36)20-3-9-25(31)26(32)16-20/h1-10,16-19H,11-15H2. The van der Waals surface area contributed by atoms with Gasteiger partial charge in [-0.1, -0.05) is 12.2 Å². The monoisotopic (exact) mass is 519 g/mol. The number of carbonyl (C=O) groups is 2. The van der Waals surface area contributed by atoms with Crippen LogP contribution in [0, 0.1) is 23.4 Å². The Balaban J connectivity index is 1.19. The van der Waals surface area contributed by atoms with E-state index in [9.17, 15) is 22.8 Å². The van der Waals surface area contributed by atoms with Gasteiger partial charge in [0, 0.05) is 43.4 Å². The molecule has 194 valence electrons. The molecule has 9 heteroatoms. The lowest BCUT2D eigenvalue weighted by molar-refractivity contribution is -0.128. The summed E-state index contributed by atoms with van der Waals surface area (Å²) in [5.41, 5.74) is 1.42. The third-order valence-electron chi connectivity index (χ3n) is 6.59. The van der Waals surface area contributed by atoms with Crippen molar-refractivity contribution >= 4 is 17.4 Å². The van der Waals surface area contributed by atoms with E-state index in [1.54, 1.807) is 29.4 Å². The van der Waals surface area contributed by atoms with Gasteiger partial charge in [0.25, 0.3) is 5.91 Å². The Morgan fingerprint density at radius 2 is 1.68 bits per heavy atom. The number of piperidine rings is 1. The van der Waals surface area contributed by atoms with E-state index >= 15 is 0 Å². The highest BCUT2D eigenvalue weighted by Gasteiger charge is 2.29. The van der Waals surface area contributed by atoms with Gasteiger partial charge in [0.2, 0.25) is 5.88 Å². The second-order valence-electron chi connectivity index (χ2n) is 9.11. The second kappa shape index (κ2) is 10.9. The zero-order valence-electron chi connectivity index (χ0n) is 20.3. The van der Waals surface area contributed by atoms with Crippen molar-refractivity contribution in [3.8, 4) is 11.6 Å². The maximum Gasteiger partial charge on any atom is 0.255 e. The van der Waals surface area contributed by atoms with Crippen molar-refractivity contribution in [1.29, 1.82) is 0 Å². The predicted molar refractivity (Wildman–Crippen MR) is 135 cm³/mol. The number of likely N-dealkylation sites (tertiary alicyclic amines) is 1. The molecule has 1 saturated heterocycles. The molecule has 38 heavy (non-hydrogen) atoms. The number of amides is 1. The topological polar surface area (TPSA) is 62.7 Å². The maximum atomic E-state index is 13.5. The Labute approximate surface area is 217 Å². The fourth-order valence-electron chi connectivity index (χ4n) is 4.50. The zero-order valence-corrected chi connectivity index (χ0v) is 20.3. The smallest absolute Gasteiger partial charge is 0.255 e. The van der Waals surface area contributed by atoms with Gasteiger partial charge in [0.1, 0.15) is 11.6 Å². The Morgan fingerprint density at radius 1 is 0.921 bits per heavy atom. The van der Waals surface area contributed by atoms with Crippen LogP contribution in [0.1, 0.15) is 23.2 Å². The van der Waals surface area contributed by atoms with E-state index < -0.39 is 11.6 Å². The molecule has 0 saturated carbocycles. The molecule has 1 fully saturated rings. The minimum Gasteiger partial charge on any atom is -0.439 e. The SMILES string of the molecule is O=C(c1ccc(F)c(F)c1)C1CCN(C(=O)C2=CN(c3ccc(Oc4ccc(F)cc4)nc3)CC=C2)CC1. The van der Waals surface area contributed by atoms with Gasteiger partial charge in [-0.25, -0.2) is 18.2 Å². The largest absolute Gasteiger partial charge is 0.439 e. The molecular weight excluding hydrogens is 495 g/mol. The van der Waals surface area contributed by atoms with Crippen LogP contribution in [0.2, 0.25) is 0 Å². The molecule has 0 spiro atoms. The first-order valence-corrected chi connectivity index (χ1v) is 12.2. The van der Waals surface area contributed by atoms with Crippen LogP contribution in [0.25, 0.3) is 0 Å². The molecule has 1 amide bonds. The average molecular weight is 520 g/mol. The first-order chi connectivity index (χ1) is 18.4. The molecule has 3 aromatic rings. The lowest BCUT2D eigenvalue weighted by Crippen LogP contribution is -2.41. The normalized spacial score (nSPS) is 15.8. The van der Waals surface area contributed by atoms with Crippen LogP contribution in [0.3, 0.4) is 0 Å². The van der Waals surface area contributed by atoms with E-state index in [-0.39, 0.29) is 29.0 Å². The molecule has 2 aliphatic heterocycles. The van der Waals surface area contributed by atoms with E-state index in [0.29, 0.717) is 49.7 Å². The lowest BCUT2D eigenvalue weighted by atomic mass is 9.88. The van der Waals surface area contributed by atoms with Crippen LogP contribution in [-0.2, 0) is 4.79 Å². The molecule has 0 radical (unpaired) electrons. The molecule has 0 atom stereocenters. The molecule has 5 rings (SSSR count). The van der Waals surface area contributed by atoms with Gasteiger partial charge >= 0.3 is 0 Å². The number of rotatable bonds is 6. The van der Waals surface area contributed by atoms with Crippen molar-refractivity contribution in [3.05, 3.63) is 108 Å². The summed E-state index contributed by atoms with van der Waals surface area (Å²) >= 11 is 0. The number of anilines is 1. The van der Waals surface area contributed by atoms with Gasteiger partial charge in [-0.2, -0.15) is 0 Å². The van der Waals surface area contributed by atoms with Crippen LogP contribution in [0.5, 0.6) is 11.6 Å². The Hall–Kier alpha value is -4.40. The number of Topliss-reactive ketones (excluding diaryl/α,β-unsaturated/α-hetero) is 1. The first-order valence-electron chi connectivity index (χ1n) is 12.2. The summed E-state index contributed by atoms with van der Waals surface area (Å²) in [4.78, 5) is 33.8. The molecule has 2 aromatic carbocycles. The summed E-state index contributed by atoms with van der Waals surface area (Å²) in [5.74, 6) is -2.30. The summed E-state index contributed by atoms with van der Waals surface area (Å²) in [7, 11) is 0. The summed E-state index contributed by atoms with van der Waals surface area (Å²) in [6.45, 7) is 1.34. The van der Waals surface area contributed by atoms with E-state index in [1.165, 1.54) is 30.3 Å². The number of hydrogen-bond acceptors (Lipinski definition) is 5. The number of benzene rings is 2. The number of pyridine rings is 1. The number of aromatic nitrogens is 1. The molecule has 2 aliphatic rings. The van der Waals surface area contributed by atoms with Crippen molar-refractivity contribution in [1.82, 2.24) is 9.88 Å².